The van der Waals surface area contributed by atoms with Gasteiger partial charge in [0.2, 0.25) is 0 Å². The molecule has 0 saturated carbocycles. The average Bonchev–Trinajstić information content (AvgIpc) is 3.05. The number of amides is 1. The molecule has 1 N–H and O–H groups in total. The molecule has 3 rings (SSSR count). The van der Waals surface area contributed by atoms with Crippen molar-refractivity contribution >= 4 is 17.4 Å². The highest BCUT2D eigenvalue weighted by molar-refractivity contribution is 6.46. The van der Waals surface area contributed by atoms with Crippen LogP contribution in [-0.2, 0) is 9.59 Å². The summed E-state index contributed by atoms with van der Waals surface area (Å²) in [6, 6.07) is 13.9. The van der Waals surface area contributed by atoms with Crippen LogP contribution in [0.4, 0.5) is 0 Å². The first-order chi connectivity index (χ1) is 14.9. The third-order valence-electron chi connectivity index (χ3n) is 5.85. The largest absolute Gasteiger partial charge is 0.507 e. The van der Waals surface area contributed by atoms with Crippen LogP contribution in [0.5, 0.6) is 5.75 Å². The Bertz CT molecular complexity index is 960. The van der Waals surface area contributed by atoms with Crippen molar-refractivity contribution in [3.63, 3.8) is 0 Å². The molecule has 1 aliphatic heterocycles. The number of aliphatic hydroxyl groups is 1. The predicted octanol–water partition coefficient (Wildman–Crippen LogP) is 3.77. The molecule has 0 radical (unpaired) electrons. The van der Waals surface area contributed by atoms with Gasteiger partial charge in [0.05, 0.1) is 18.7 Å². The smallest absolute Gasteiger partial charge is 0.295 e. The van der Waals surface area contributed by atoms with E-state index in [1.807, 2.05) is 31.2 Å². The second-order valence-corrected chi connectivity index (χ2v) is 7.66. The van der Waals surface area contributed by atoms with Gasteiger partial charge in [-0.3, -0.25) is 9.59 Å². The number of likely N-dealkylation sites (tertiary alicyclic amines) is 1. The van der Waals surface area contributed by atoms with Gasteiger partial charge in [0.25, 0.3) is 11.7 Å². The second-order valence-electron chi connectivity index (χ2n) is 7.66. The fourth-order valence-electron chi connectivity index (χ4n) is 3.90. The number of ether oxygens (including phenoxy) is 1. The third-order valence-corrected chi connectivity index (χ3v) is 5.85. The summed E-state index contributed by atoms with van der Waals surface area (Å²) in [6.07, 6.45) is 0. The van der Waals surface area contributed by atoms with Gasteiger partial charge >= 0.3 is 0 Å². The van der Waals surface area contributed by atoms with E-state index >= 15 is 0 Å². The van der Waals surface area contributed by atoms with Gasteiger partial charge in [-0.25, -0.2) is 0 Å². The summed E-state index contributed by atoms with van der Waals surface area (Å²) in [5.41, 5.74) is 2.48. The predicted molar refractivity (Wildman–Crippen MR) is 121 cm³/mol. The Morgan fingerprint density at radius 2 is 1.65 bits per heavy atom. The second kappa shape index (κ2) is 9.79. The summed E-state index contributed by atoms with van der Waals surface area (Å²) >= 11 is 0. The molecule has 1 amide bonds. The molecule has 6 heteroatoms. The molecule has 6 nitrogen and oxygen atoms in total. The van der Waals surface area contributed by atoms with E-state index in [0.717, 1.165) is 24.2 Å². The Kier molecular flexibility index (Phi) is 7.13. The van der Waals surface area contributed by atoms with Gasteiger partial charge < -0.3 is 19.6 Å². The monoisotopic (exact) mass is 422 g/mol. The van der Waals surface area contributed by atoms with Crippen molar-refractivity contribution in [1.29, 1.82) is 0 Å². The first-order valence-corrected chi connectivity index (χ1v) is 10.6. The lowest BCUT2D eigenvalue weighted by Gasteiger charge is -2.28. The van der Waals surface area contributed by atoms with Crippen LogP contribution in [0.1, 0.15) is 36.6 Å². The van der Waals surface area contributed by atoms with Crippen molar-refractivity contribution in [2.75, 3.05) is 33.3 Å². The Balaban J connectivity index is 2.07. The lowest BCUT2D eigenvalue weighted by Crippen LogP contribution is -2.38. The molecule has 0 spiro atoms. The normalized spacial score (nSPS) is 18.1. The fraction of sp³-hybridized carbons (Fsp3) is 0.360. The van der Waals surface area contributed by atoms with Crippen molar-refractivity contribution in [1.82, 2.24) is 9.80 Å². The molecule has 0 bridgehead atoms. The minimum atomic E-state index is -0.654. The van der Waals surface area contributed by atoms with Gasteiger partial charge in [-0.1, -0.05) is 43.7 Å². The number of Topliss-reactive ketones (excluding diaryl/α,β-unsaturated/α-hetero) is 1. The highest BCUT2D eigenvalue weighted by Crippen LogP contribution is 2.39. The molecular weight excluding hydrogens is 392 g/mol. The number of nitrogens with zero attached hydrogens (tertiary/aromatic N) is 2. The fourth-order valence-corrected chi connectivity index (χ4v) is 3.90. The Hall–Kier alpha value is -3.12. The van der Waals surface area contributed by atoms with E-state index in [1.54, 1.807) is 36.3 Å². The number of hydrogen-bond acceptors (Lipinski definition) is 5. The maximum absolute atomic E-state index is 13.0. The number of ketones is 1. The molecule has 31 heavy (non-hydrogen) atoms. The molecule has 1 aliphatic rings. The number of hydrogen-bond donors (Lipinski definition) is 1. The quantitative estimate of drug-likeness (QED) is 0.398. The van der Waals surface area contributed by atoms with Crippen molar-refractivity contribution in [3.8, 4) is 5.75 Å². The molecule has 2 aromatic carbocycles. The lowest BCUT2D eigenvalue weighted by atomic mass is 9.94. The van der Waals surface area contributed by atoms with Gasteiger partial charge in [-0.2, -0.15) is 0 Å². The molecule has 164 valence electrons. The van der Waals surface area contributed by atoms with E-state index in [0.29, 0.717) is 24.4 Å². The summed E-state index contributed by atoms with van der Waals surface area (Å²) in [7, 11) is 1.56. The lowest BCUT2D eigenvalue weighted by molar-refractivity contribution is -0.140. The molecule has 0 aliphatic carbocycles. The number of benzene rings is 2. The zero-order valence-corrected chi connectivity index (χ0v) is 18.6. The number of likely N-dealkylation sites (N-methyl/N-ethyl adjacent to an activating group) is 1. The van der Waals surface area contributed by atoms with Gasteiger partial charge in [0.15, 0.2) is 0 Å². The summed E-state index contributed by atoms with van der Waals surface area (Å²) in [4.78, 5) is 29.8. The number of aliphatic hydroxyl groups excluding tert-OH is 1. The summed E-state index contributed by atoms with van der Waals surface area (Å²) in [6.45, 7) is 8.91. The Morgan fingerprint density at radius 3 is 2.19 bits per heavy atom. The maximum Gasteiger partial charge on any atom is 0.295 e. The van der Waals surface area contributed by atoms with Crippen LogP contribution in [0.2, 0.25) is 0 Å². The molecule has 1 saturated heterocycles. The van der Waals surface area contributed by atoms with Crippen molar-refractivity contribution < 1.29 is 19.4 Å². The van der Waals surface area contributed by atoms with Crippen molar-refractivity contribution in [3.05, 3.63) is 70.8 Å². The number of aryl methyl sites for hydroxylation is 1. The third kappa shape index (κ3) is 4.64. The number of carbonyl (C=O) groups excluding carboxylic acids is 2. The molecule has 0 unspecified atom stereocenters. The minimum absolute atomic E-state index is 0.124. The summed E-state index contributed by atoms with van der Waals surface area (Å²) in [5, 5.41) is 11.1. The van der Waals surface area contributed by atoms with Crippen LogP contribution in [0.3, 0.4) is 0 Å². The molecule has 1 heterocycles. The van der Waals surface area contributed by atoms with Crippen molar-refractivity contribution in [2.24, 2.45) is 0 Å². The molecule has 2 aromatic rings. The maximum atomic E-state index is 13.0. The summed E-state index contributed by atoms with van der Waals surface area (Å²) < 4.78 is 5.18. The van der Waals surface area contributed by atoms with Crippen LogP contribution in [0.25, 0.3) is 5.76 Å². The van der Waals surface area contributed by atoms with E-state index in [4.69, 9.17) is 4.74 Å². The summed E-state index contributed by atoms with van der Waals surface area (Å²) in [5.74, 6) is -0.755. The number of rotatable bonds is 8. The average molecular weight is 423 g/mol. The van der Waals surface area contributed by atoms with E-state index in [9.17, 15) is 14.7 Å². The van der Waals surface area contributed by atoms with Crippen LogP contribution < -0.4 is 4.74 Å². The SMILES string of the molecule is CCN(CC)CCN1C(=O)C(=O)C(=C(O)c2ccc(OC)cc2)[C@@H]1c1ccc(C)cc1. The van der Waals surface area contributed by atoms with Gasteiger partial charge in [0, 0.05) is 18.7 Å². The number of carbonyl (C=O) groups is 2. The highest BCUT2D eigenvalue weighted by Gasteiger charge is 2.45. The topological polar surface area (TPSA) is 70.1 Å². The first kappa shape index (κ1) is 22.6. The Labute approximate surface area is 183 Å². The van der Waals surface area contributed by atoms with E-state index in [-0.39, 0.29) is 11.3 Å². The van der Waals surface area contributed by atoms with Crippen LogP contribution >= 0.6 is 0 Å². The van der Waals surface area contributed by atoms with Crippen LogP contribution in [0.15, 0.2) is 54.1 Å². The zero-order valence-electron chi connectivity index (χ0n) is 18.6. The van der Waals surface area contributed by atoms with Gasteiger partial charge in [0.1, 0.15) is 11.5 Å². The highest BCUT2D eigenvalue weighted by atomic mass is 16.5. The van der Waals surface area contributed by atoms with E-state index in [1.165, 1.54) is 0 Å². The molecule has 0 aromatic heterocycles. The first-order valence-electron chi connectivity index (χ1n) is 10.6. The van der Waals surface area contributed by atoms with Gasteiger partial charge in [-0.15, -0.1) is 0 Å². The Morgan fingerprint density at radius 1 is 1.03 bits per heavy atom. The standard InChI is InChI=1S/C25H30N2O4/c1-5-26(6-2)15-16-27-22(18-9-7-17(3)8-10-18)21(24(29)25(27)30)23(28)19-11-13-20(31-4)14-12-19/h7-14,22,28H,5-6,15-16H2,1-4H3/t22-/m0/s1. The van der Waals surface area contributed by atoms with Gasteiger partial charge in [-0.05, 0) is 49.8 Å². The molecule has 1 fully saturated rings. The van der Waals surface area contributed by atoms with E-state index in [2.05, 4.69) is 18.7 Å². The van der Waals surface area contributed by atoms with Crippen molar-refractivity contribution in [2.45, 2.75) is 26.8 Å². The number of methoxy groups -OCH3 is 1. The van der Waals surface area contributed by atoms with Crippen LogP contribution in [0, 0.1) is 6.92 Å². The van der Waals surface area contributed by atoms with E-state index < -0.39 is 17.7 Å². The zero-order chi connectivity index (χ0) is 22.5. The van der Waals surface area contributed by atoms with Crippen LogP contribution in [-0.4, -0.2) is 59.9 Å². The molecular formula is C25H30N2O4. The molecule has 1 atom stereocenters. The minimum Gasteiger partial charge on any atom is -0.507 e.